The molecular formula is C16H19N. The molecule has 0 aromatic heterocycles. The average molecular weight is 225 g/mol. The summed E-state index contributed by atoms with van der Waals surface area (Å²) in [6, 6.07) is 17.5. The van der Waals surface area contributed by atoms with Crippen LogP contribution in [0.25, 0.3) is 0 Å². The van der Waals surface area contributed by atoms with Crippen LogP contribution in [0, 0.1) is 13.8 Å². The summed E-state index contributed by atoms with van der Waals surface area (Å²) in [4.78, 5) is 0. The minimum Gasteiger partial charge on any atom is -0.309 e. The summed E-state index contributed by atoms with van der Waals surface area (Å²) in [6.07, 6.45) is 0. The number of nitrogens with one attached hydrogen (secondary N) is 1. The van der Waals surface area contributed by atoms with Crippen molar-refractivity contribution in [3.8, 4) is 0 Å². The van der Waals surface area contributed by atoms with Gasteiger partial charge in [-0.15, -0.1) is 0 Å². The van der Waals surface area contributed by atoms with Crippen LogP contribution in [0.15, 0.2) is 48.5 Å². The molecule has 2 aromatic carbocycles. The van der Waals surface area contributed by atoms with Gasteiger partial charge in [-0.05, 0) is 37.6 Å². The Labute approximate surface area is 103 Å². The molecule has 1 nitrogen and oxygen atoms in total. The Morgan fingerprint density at radius 2 is 1.71 bits per heavy atom. The minimum atomic E-state index is 0.274. The van der Waals surface area contributed by atoms with Crippen LogP contribution in [0.5, 0.6) is 0 Å². The Hall–Kier alpha value is -1.60. The topological polar surface area (TPSA) is 12.0 Å². The monoisotopic (exact) mass is 225 g/mol. The van der Waals surface area contributed by atoms with E-state index in [4.69, 9.17) is 0 Å². The van der Waals surface area contributed by atoms with Crippen molar-refractivity contribution in [1.29, 1.82) is 0 Å². The Bertz CT molecular complexity index is 502. The Kier molecular flexibility index (Phi) is 3.60. The number of hydrogen-bond acceptors (Lipinski definition) is 1. The lowest BCUT2D eigenvalue weighted by Gasteiger charge is -2.19. The molecule has 17 heavy (non-hydrogen) atoms. The van der Waals surface area contributed by atoms with E-state index in [1.807, 2.05) is 7.05 Å². The summed E-state index contributed by atoms with van der Waals surface area (Å²) in [5.41, 5.74) is 5.30. The largest absolute Gasteiger partial charge is 0.309 e. The van der Waals surface area contributed by atoms with E-state index in [0.29, 0.717) is 0 Å². The van der Waals surface area contributed by atoms with Crippen LogP contribution in [0.3, 0.4) is 0 Å². The van der Waals surface area contributed by atoms with Gasteiger partial charge in [0.25, 0.3) is 0 Å². The van der Waals surface area contributed by atoms with Crippen molar-refractivity contribution >= 4 is 0 Å². The Morgan fingerprint density at radius 1 is 0.941 bits per heavy atom. The standard InChI is InChI=1S/C16H19N/c1-12-7-6-9-14(11-12)16(17-3)15-10-5-4-8-13(15)2/h4-11,16-17H,1-3H3. The van der Waals surface area contributed by atoms with Crippen molar-refractivity contribution in [3.63, 3.8) is 0 Å². The molecule has 0 aliphatic carbocycles. The molecule has 2 aromatic rings. The van der Waals surface area contributed by atoms with E-state index in [2.05, 4.69) is 67.7 Å². The summed E-state index contributed by atoms with van der Waals surface area (Å²) in [5, 5.41) is 3.40. The second kappa shape index (κ2) is 5.15. The molecule has 0 aliphatic heterocycles. The zero-order valence-corrected chi connectivity index (χ0v) is 10.7. The van der Waals surface area contributed by atoms with E-state index in [9.17, 15) is 0 Å². The highest BCUT2D eigenvalue weighted by Gasteiger charge is 2.13. The first-order chi connectivity index (χ1) is 8.22. The van der Waals surface area contributed by atoms with Gasteiger partial charge in [-0.25, -0.2) is 0 Å². The highest BCUT2D eigenvalue weighted by Crippen LogP contribution is 2.24. The van der Waals surface area contributed by atoms with Crippen molar-refractivity contribution in [2.24, 2.45) is 0 Å². The third-order valence-electron chi connectivity index (χ3n) is 3.16. The fourth-order valence-corrected chi connectivity index (χ4v) is 2.26. The smallest absolute Gasteiger partial charge is 0.0576 e. The van der Waals surface area contributed by atoms with Gasteiger partial charge in [0.05, 0.1) is 6.04 Å². The first kappa shape index (κ1) is 11.9. The van der Waals surface area contributed by atoms with Crippen LogP contribution in [0.1, 0.15) is 28.3 Å². The SMILES string of the molecule is CNC(c1cccc(C)c1)c1ccccc1C. The predicted octanol–water partition coefficient (Wildman–Crippen LogP) is 3.61. The number of hydrogen-bond donors (Lipinski definition) is 1. The summed E-state index contributed by atoms with van der Waals surface area (Å²) >= 11 is 0. The quantitative estimate of drug-likeness (QED) is 0.841. The molecule has 1 N–H and O–H groups in total. The van der Waals surface area contributed by atoms with Crippen molar-refractivity contribution in [2.45, 2.75) is 19.9 Å². The molecule has 0 aliphatic rings. The van der Waals surface area contributed by atoms with Crippen LogP contribution in [0.2, 0.25) is 0 Å². The van der Waals surface area contributed by atoms with E-state index >= 15 is 0 Å². The maximum Gasteiger partial charge on any atom is 0.0576 e. The third-order valence-corrected chi connectivity index (χ3v) is 3.16. The first-order valence-electron chi connectivity index (χ1n) is 6.01. The number of benzene rings is 2. The van der Waals surface area contributed by atoms with E-state index < -0.39 is 0 Å². The zero-order valence-electron chi connectivity index (χ0n) is 10.7. The van der Waals surface area contributed by atoms with Crippen LogP contribution in [0.4, 0.5) is 0 Å². The van der Waals surface area contributed by atoms with Crippen molar-refractivity contribution in [1.82, 2.24) is 5.32 Å². The van der Waals surface area contributed by atoms with Gasteiger partial charge in [-0.3, -0.25) is 0 Å². The molecule has 0 saturated heterocycles. The summed E-state index contributed by atoms with van der Waals surface area (Å²) in [7, 11) is 2.01. The molecule has 0 saturated carbocycles. The molecule has 1 atom stereocenters. The van der Waals surface area contributed by atoms with Crippen LogP contribution in [-0.2, 0) is 0 Å². The molecule has 1 heteroatoms. The fourth-order valence-electron chi connectivity index (χ4n) is 2.26. The summed E-state index contributed by atoms with van der Waals surface area (Å²) in [6.45, 7) is 4.30. The van der Waals surface area contributed by atoms with Gasteiger partial charge in [-0.2, -0.15) is 0 Å². The second-order valence-electron chi connectivity index (χ2n) is 4.49. The molecule has 88 valence electrons. The Morgan fingerprint density at radius 3 is 2.35 bits per heavy atom. The van der Waals surface area contributed by atoms with Crippen LogP contribution in [-0.4, -0.2) is 7.05 Å². The van der Waals surface area contributed by atoms with Gasteiger partial charge in [0.1, 0.15) is 0 Å². The predicted molar refractivity (Wildman–Crippen MR) is 73.3 cm³/mol. The van der Waals surface area contributed by atoms with Gasteiger partial charge < -0.3 is 5.32 Å². The second-order valence-corrected chi connectivity index (χ2v) is 4.49. The number of aryl methyl sites for hydroxylation is 2. The lowest BCUT2D eigenvalue weighted by atomic mass is 9.94. The van der Waals surface area contributed by atoms with Gasteiger partial charge in [-0.1, -0.05) is 54.1 Å². The van der Waals surface area contributed by atoms with Crippen LogP contribution < -0.4 is 5.32 Å². The van der Waals surface area contributed by atoms with Crippen molar-refractivity contribution in [2.75, 3.05) is 7.05 Å². The third kappa shape index (κ3) is 2.56. The molecule has 0 heterocycles. The lowest BCUT2D eigenvalue weighted by molar-refractivity contribution is 0.687. The molecule has 0 spiro atoms. The van der Waals surface area contributed by atoms with E-state index in [-0.39, 0.29) is 6.04 Å². The molecule has 0 amide bonds. The van der Waals surface area contributed by atoms with Gasteiger partial charge in [0.15, 0.2) is 0 Å². The molecule has 0 radical (unpaired) electrons. The molecule has 0 fully saturated rings. The van der Waals surface area contributed by atoms with Gasteiger partial charge in [0.2, 0.25) is 0 Å². The summed E-state index contributed by atoms with van der Waals surface area (Å²) < 4.78 is 0. The van der Waals surface area contributed by atoms with Gasteiger partial charge in [0, 0.05) is 0 Å². The van der Waals surface area contributed by atoms with E-state index in [1.165, 1.54) is 22.3 Å². The van der Waals surface area contributed by atoms with E-state index in [1.54, 1.807) is 0 Å². The molecule has 2 rings (SSSR count). The average Bonchev–Trinajstić information content (AvgIpc) is 2.33. The molecule has 0 bridgehead atoms. The lowest BCUT2D eigenvalue weighted by Crippen LogP contribution is -2.18. The van der Waals surface area contributed by atoms with Crippen LogP contribution >= 0.6 is 0 Å². The maximum atomic E-state index is 3.40. The molecule has 1 unspecified atom stereocenters. The highest BCUT2D eigenvalue weighted by molar-refractivity contribution is 5.37. The van der Waals surface area contributed by atoms with Gasteiger partial charge >= 0.3 is 0 Å². The summed E-state index contributed by atoms with van der Waals surface area (Å²) in [5.74, 6) is 0. The fraction of sp³-hybridized carbons (Fsp3) is 0.250. The normalized spacial score (nSPS) is 12.4. The number of rotatable bonds is 3. The first-order valence-corrected chi connectivity index (χ1v) is 6.01. The zero-order chi connectivity index (χ0) is 12.3. The molecular weight excluding hydrogens is 206 g/mol. The minimum absolute atomic E-state index is 0.274. The van der Waals surface area contributed by atoms with E-state index in [0.717, 1.165) is 0 Å². The maximum absolute atomic E-state index is 3.40. The Balaban J connectivity index is 2.44. The highest BCUT2D eigenvalue weighted by atomic mass is 14.9. The van der Waals surface area contributed by atoms with Crippen molar-refractivity contribution in [3.05, 3.63) is 70.8 Å². The van der Waals surface area contributed by atoms with Crippen molar-refractivity contribution < 1.29 is 0 Å².